The van der Waals surface area contributed by atoms with Crippen molar-refractivity contribution in [1.29, 1.82) is 5.26 Å². The van der Waals surface area contributed by atoms with E-state index in [4.69, 9.17) is 14.2 Å². The normalized spacial score (nSPS) is 21.7. The highest BCUT2D eigenvalue weighted by Gasteiger charge is 2.33. The molecule has 35 heavy (non-hydrogen) atoms. The average Bonchev–Trinajstić information content (AvgIpc) is 2.90. The highest BCUT2D eigenvalue weighted by atomic mass is 19.1. The summed E-state index contributed by atoms with van der Waals surface area (Å²) in [5.74, 6) is 0.751. The summed E-state index contributed by atoms with van der Waals surface area (Å²) in [4.78, 5) is 8.61. The van der Waals surface area contributed by atoms with Crippen LogP contribution >= 0.6 is 0 Å². The summed E-state index contributed by atoms with van der Waals surface area (Å²) in [6, 6.07) is 8.35. The number of nitriles is 1. The minimum atomic E-state index is -0.557. The highest BCUT2D eigenvalue weighted by molar-refractivity contribution is 5.64. The Morgan fingerprint density at radius 3 is 2.69 bits per heavy atom. The van der Waals surface area contributed by atoms with Gasteiger partial charge in [0.1, 0.15) is 18.2 Å². The van der Waals surface area contributed by atoms with Gasteiger partial charge < -0.3 is 24.8 Å². The summed E-state index contributed by atoms with van der Waals surface area (Å²) in [7, 11) is 1.71. The van der Waals surface area contributed by atoms with Crippen LogP contribution in [0, 0.1) is 22.6 Å². The van der Waals surface area contributed by atoms with Gasteiger partial charge in [0, 0.05) is 56.8 Å². The van der Waals surface area contributed by atoms with E-state index in [1.807, 2.05) is 0 Å². The predicted octanol–water partition coefficient (Wildman–Crippen LogP) is 3.94. The van der Waals surface area contributed by atoms with Gasteiger partial charge in [-0.05, 0) is 50.7 Å². The van der Waals surface area contributed by atoms with E-state index in [9.17, 15) is 9.65 Å². The number of ether oxygens (including phenoxy) is 3. The molecule has 9 heteroatoms. The van der Waals surface area contributed by atoms with E-state index in [1.54, 1.807) is 31.5 Å². The van der Waals surface area contributed by atoms with Crippen molar-refractivity contribution in [2.24, 2.45) is 5.41 Å². The van der Waals surface area contributed by atoms with Gasteiger partial charge in [-0.3, -0.25) is 4.98 Å². The van der Waals surface area contributed by atoms with Crippen molar-refractivity contribution in [1.82, 2.24) is 15.3 Å². The molecule has 0 unspecified atom stereocenters. The molecular formula is C26H34FN5O3. The fourth-order valence-corrected chi connectivity index (χ4v) is 4.65. The predicted molar refractivity (Wildman–Crippen MR) is 131 cm³/mol. The summed E-state index contributed by atoms with van der Waals surface area (Å²) in [6.07, 6.45) is 8.30. The van der Waals surface area contributed by atoms with E-state index in [2.05, 4.69) is 26.7 Å². The van der Waals surface area contributed by atoms with Crippen molar-refractivity contribution in [2.45, 2.75) is 50.6 Å². The number of methoxy groups -OCH3 is 1. The van der Waals surface area contributed by atoms with E-state index >= 15 is 0 Å². The molecule has 0 spiro atoms. The summed E-state index contributed by atoms with van der Waals surface area (Å²) in [5.41, 5.74) is 0.275. The van der Waals surface area contributed by atoms with Crippen molar-refractivity contribution in [3.8, 4) is 23.1 Å². The molecule has 0 bridgehead atoms. The Labute approximate surface area is 206 Å². The number of aromatic nitrogens is 2. The molecule has 2 aliphatic rings. The number of nitrogens with one attached hydrogen (secondary N) is 2. The molecule has 3 heterocycles. The van der Waals surface area contributed by atoms with Gasteiger partial charge in [0.05, 0.1) is 30.0 Å². The molecule has 0 aromatic carbocycles. The molecule has 4 rings (SSSR count). The first-order valence-corrected chi connectivity index (χ1v) is 12.3. The zero-order valence-corrected chi connectivity index (χ0v) is 20.3. The van der Waals surface area contributed by atoms with Crippen LogP contribution in [0.5, 0.6) is 5.75 Å². The summed E-state index contributed by atoms with van der Waals surface area (Å²) in [5, 5.41) is 16.6. The van der Waals surface area contributed by atoms with Gasteiger partial charge in [-0.2, -0.15) is 5.26 Å². The smallest absolute Gasteiger partial charge is 0.151 e. The summed E-state index contributed by atoms with van der Waals surface area (Å²) < 4.78 is 31.1. The van der Waals surface area contributed by atoms with Gasteiger partial charge >= 0.3 is 0 Å². The number of hydrogen-bond acceptors (Lipinski definition) is 8. The summed E-state index contributed by atoms with van der Waals surface area (Å²) in [6.45, 7) is 2.97. The Kier molecular flexibility index (Phi) is 8.85. The standard InChI is InChI=1S/C26H34FN5O3/c1-33-13-10-29-19-2-4-20(5-3-19)32-25-15-22(23(27)16-31-25)24-14-21(6-9-30-24)35-18-26(17-28)7-11-34-12-8-26/h6,9,14-16,19-20,29H,2-5,7-8,10-13,18H2,1H3,(H,31,32). The van der Waals surface area contributed by atoms with Gasteiger partial charge in [-0.1, -0.05) is 0 Å². The van der Waals surface area contributed by atoms with Crippen LogP contribution in [0.2, 0.25) is 0 Å². The minimum absolute atomic E-state index is 0.269. The van der Waals surface area contributed by atoms with Crippen LogP contribution in [-0.2, 0) is 9.47 Å². The largest absolute Gasteiger partial charge is 0.492 e. The molecule has 2 N–H and O–H groups in total. The first-order chi connectivity index (χ1) is 17.1. The topological polar surface area (TPSA) is 101 Å². The Morgan fingerprint density at radius 2 is 1.94 bits per heavy atom. The highest BCUT2D eigenvalue weighted by Crippen LogP contribution is 2.32. The molecule has 1 aliphatic heterocycles. The van der Waals surface area contributed by atoms with E-state index in [1.165, 1.54) is 6.20 Å². The molecule has 0 amide bonds. The van der Waals surface area contributed by atoms with Crippen molar-refractivity contribution in [2.75, 3.05) is 45.4 Å². The monoisotopic (exact) mass is 483 g/mol. The van der Waals surface area contributed by atoms with Crippen LogP contribution in [0.1, 0.15) is 38.5 Å². The number of halogens is 1. The van der Waals surface area contributed by atoms with Crippen LogP contribution in [-0.4, -0.2) is 62.1 Å². The Morgan fingerprint density at radius 1 is 1.17 bits per heavy atom. The number of rotatable bonds is 10. The van der Waals surface area contributed by atoms with Crippen LogP contribution in [0.15, 0.2) is 30.6 Å². The summed E-state index contributed by atoms with van der Waals surface area (Å²) >= 11 is 0. The maximum Gasteiger partial charge on any atom is 0.151 e. The molecule has 1 aliphatic carbocycles. The number of nitrogens with zero attached hydrogens (tertiary/aromatic N) is 3. The lowest BCUT2D eigenvalue weighted by Crippen LogP contribution is -2.38. The molecular weight excluding hydrogens is 449 g/mol. The van der Waals surface area contributed by atoms with Crippen LogP contribution in [0.4, 0.5) is 10.2 Å². The molecule has 8 nitrogen and oxygen atoms in total. The van der Waals surface area contributed by atoms with Crippen LogP contribution < -0.4 is 15.4 Å². The minimum Gasteiger partial charge on any atom is -0.492 e. The van der Waals surface area contributed by atoms with E-state index in [0.717, 1.165) is 38.8 Å². The Balaban J connectivity index is 1.38. The lowest BCUT2D eigenvalue weighted by molar-refractivity contribution is 0.0191. The van der Waals surface area contributed by atoms with Gasteiger partial charge in [-0.25, -0.2) is 9.37 Å². The molecule has 2 aromatic rings. The second-order valence-corrected chi connectivity index (χ2v) is 9.36. The van der Waals surface area contributed by atoms with Gasteiger partial charge in [0.15, 0.2) is 5.82 Å². The molecule has 188 valence electrons. The van der Waals surface area contributed by atoms with Gasteiger partial charge in [0.25, 0.3) is 0 Å². The average molecular weight is 484 g/mol. The Hall–Kier alpha value is -2.80. The second kappa shape index (κ2) is 12.2. The van der Waals surface area contributed by atoms with Crippen molar-refractivity contribution in [3.05, 3.63) is 36.4 Å². The van der Waals surface area contributed by atoms with Crippen molar-refractivity contribution in [3.63, 3.8) is 0 Å². The quantitative estimate of drug-likeness (QED) is 0.490. The first-order valence-electron chi connectivity index (χ1n) is 12.3. The van der Waals surface area contributed by atoms with Crippen molar-refractivity contribution < 1.29 is 18.6 Å². The van der Waals surface area contributed by atoms with Crippen LogP contribution in [0.3, 0.4) is 0 Å². The molecule has 1 saturated carbocycles. The van der Waals surface area contributed by atoms with Crippen molar-refractivity contribution >= 4 is 5.82 Å². The van der Waals surface area contributed by atoms with Gasteiger partial charge in [0.2, 0.25) is 0 Å². The van der Waals surface area contributed by atoms with Crippen LogP contribution in [0.25, 0.3) is 11.3 Å². The molecule has 0 radical (unpaired) electrons. The van der Waals surface area contributed by atoms with E-state index in [0.29, 0.717) is 61.0 Å². The SMILES string of the molecule is COCCNC1CCC(Nc2cc(-c3cc(OCC4(C#N)CCOCC4)ccn3)c(F)cn2)CC1. The fourth-order valence-electron chi connectivity index (χ4n) is 4.65. The number of pyridine rings is 2. The fraction of sp³-hybridized carbons (Fsp3) is 0.577. The molecule has 2 aromatic heterocycles. The third-order valence-corrected chi connectivity index (χ3v) is 6.88. The first kappa shape index (κ1) is 25.3. The number of anilines is 1. The zero-order valence-electron chi connectivity index (χ0n) is 20.3. The lowest BCUT2D eigenvalue weighted by atomic mass is 9.83. The third kappa shape index (κ3) is 6.88. The maximum atomic E-state index is 14.7. The molecule has 2 fully saturated rings. The maximum absolute atomic E-state index is 14.7. The van der Waals surface area contributed by atoms with E-state index < -0.39 is 11.2 Å². The zero-order chi connectivity index (χ0) is 24.5. The van der Waals surface area contributed by atoms with Gasteiger partial charge in [-0.15, -0.1) is 0 Å². The molecule has 1 saturated heterocycles. The number of hydrogen-bond donors (Lipinski definition) is 2. The Bertz CT molecular complexity index is 1000. The molecule has 0 atom stereocenters. The van der Waals surface area contributed by atoms with E-state index in [-0.39, 0.29) is 6.61 Å². The third-order valence-electron chi connectivity index (χ3n) is 6.88. The second-order valence-electron chi connectivity index (χ2n) is 9.36. The lowest BCUT2D eigenvalue weighted by Gasteiger charge is -2.30.